The molecule has 0 spiro atoms. The first-order valence-electron chi connectivity index (χ1n) is 32.3. The summed E-state index contributed by atoms with van der Waals surface area (Å²) in [6, 6.07) is 0. The molecule has 74 heavy (non-hydrogen) atoms. The van der Waals surface area contributed by atoms with Gasteiger partial charge in [0.25, 0.3) is 0 Å². The Morgan fingerprint density at radius 1 is 0.284 bits per heavy atom. The van der Waals surface area contributed by atoms with Crippen LogP contribution in [0.15, 0.2) is 60.8 Å². The molecule has 0 aromatic rings. The van der Waals surface area contributed by atoms with Gasteiger partial charge in [-0.2, -0.15) is 0 Å². The van der Waals surface area contributed by atoms with Gasteiger partial charge in [0.15, 0.2) is 6.10 Å². The third kappa shape index (κ3) is 60.0. The zero-order valence-electron chi connectivity index (χ0n) is 49.4. The van der Waals surface area contributed by atoms with Gasteiger partial charge < -0.3 is 14.2 Å². The van der Waals surface area contributed by atoms with Crippen LogP contribution in [0.2, 0.25) is 0 Å². The van der Waals surface area contributed by atoms with Crippen molar-refractivity contribution in [1.29, 1.82) is 0 Å². The minimum atomic E-state index is -0.778. The zero-order chi connectivity index (χ0) is 53.6. The van der Waals surface area contributed by atoms with Crippen molar-refractivity contribution >= 4 is 17.9 Å². The number of hydrogen-bond donors (Lipinski definition) is 0. The quantitative estimate of drug-likeness (QED) is 0.0261. The average Bonchev–Trinajstić information content (AvgIpc) is 3.40. The van der Waals surface area contributed by atoms with Crippen LogP contribution in [0.3, 0.4) is 0 Å². The molecule has 0 bridgehead atoms. The molecule has 0 aromatic heterocycles. The molecule has 0 heterocycles. The van der Waals surface area contributed by atoms with Crippen molar-refractivity contribution < 1.29 is 28.6 Å². The van der Waals surface area contributed by atoms with Gasteiger partial charge in [-0.1, -0.05) is 293 Å². The summed E-state index contributed by atoms with van der Waals surface area (Å²) >= 11 is 0. The predicted octanol–water partition coefficient (Wildman–Crippen LogP) is 21.9. The van der Waals surface area contributed by atoms with Gasteiger partial charge in [0.05, 0.1) is 0 Å². The van der Waals surface area contributed by atoms with Crippen LogP contribution in [-0.2, 0) is 28.6 Å². The standard InChI is InChI=1S/C68H122O6/c1-4-7-10-13-16-19-22-25-28-30-32-34-36-38-40-43-46-49-52-55-58-61-67(70)73-64-65(63-72-66(69)60-57-54-51-48-45-42-27-24-21-18-15-12-9-6-3)74-68(71)62-59-56-53-50-47-44-41-39-37-35-33-31-29-26-23-20-17-14-11-8-5-2/h7,10,16,19,25,28,31-34,65H,4-6,8-9,11-15,17-18,20-24,26-27,29-30,35-64H2,1-3H3/b10-7-,19-16-,28-25-,33-31-,34-32-. The minimum absolute atomic E-state index is 0.0739. The van der Waals surface area contributed by atoms with Crippen LogP contribution in [0.5, 0.6) is 0 Å². The Morgan fingerprint density at radius 3 is 0.838 bits per heavy atom. The Kier molecular flexibility index (Phi) is 60.2. The van der Waals surface area contributed by atoms with E-state index in [2.05, 4.69) is 81.5 Å². The highest BCUT2D eigenvalue weighted by atomic mass is 16.6. The lowest BCUT2D eigenvalue weighted by molar-refractivity contribution is -0.167. The van der Waals surface area contributed by atoms with Gasteiger partial charge in [-0.15, -0.1) is 0 Å². The zero-order valence-corrected chi connectivity index (χ0v) is 49.4. The molecule has 1 unspecified atom stereocenters. The summed E-state index contributed by atoms with van der Waals surface area (Å²) in [6.45, 7) is 6.57. The van der Waals surface area contributed by atoms with Gasteiger partial charge >= 0.3 is 17.9 Å². The molecule has 0 fully saturated rings. The van der Waals surface area contributed by atoms with Gasteiger partial charge in [0, 0.05) is 19.3 Å². The molecule has 0 saturated heterocycles. The molecule has 430 valence electrons. The lowest BCUT2D eigenvalue weighted by Gasteiger charge is -2.18. The van der Waals surface area contributed by atoms with Crippen LogP contribution in [-0.4, -0.2) is 37.2 Å². The molecule has 0 N–H and O–H groups in total. The molecular formula is C68H122O6. The summed E-state index contributed by atoms with van der Waals surface area (Å²) in [6.07, 6.45) is 79.4. The van der Waals surface area contributed by atoms with E-state index in [0.29, 0.717) is 19.3 Å². The van der Waals surface area contributed by atoms with Crippen molar-refractivity contribution in [3.05, 3.63) is 60.8 Å². The van der Waals surface area contributed by atoms with Gasteiger partial charge in [-0.3, -0.25) is 14.4 Å². The number of ether oxygens (including phenoxy) is 3. The predicted molar refractivity (Wildman–Crippen MR) is 321 cm³/mol. The van der Waals surface area contributed by atoms with E-state index >= 15 is 0 Å². The van der Waals surface area contributed by atoms with Crippen LogP contribution >= 0.6 is 0 Å². The first kappa shape index (κ1) is 71.1. The van der Waals surface area contributed by atoms with E-state index in [1.807, 2.05) is 0 Å². The largest absolute Gasteiger partial charge is 0.462 e. The number of allylic oxidation sites excluding steroid dienone is 10. The summed E-state index contributed by atoms with van der Waals surface area (Å²) in [5.74, 6) is -0.865. The number of hydrogen-bond acceptors (Lipinski definition) is 6. The number of carbonyl (C=O) groups is 3. The van der Waals surface area contributed by atoms with Crippen molar-refractivity contribution in [1.82, 2.24) is 0 Å². The van der Waals surface area contributed by atoms with Crippen molar-refractivity contribution in [2.45, 2.75) is 341 Å². The molecular weight excluding hydrogens is 913 g/mol. The Morgan fingerprint density at radius 2 is 0.527 bits per heavy atom. The summed E-state index contributed by atoms with van der Waals surface area (Å²) < 4.78 is 16.9. The molecule has 0 radical (unpaired) electrons. The highest BCUT2D eigenvalue weighted by Gasteiger charge is 2.19. The van der Waals surface area contributed by atoms with Gasteiger partial charge in [-0.25, -0.2) is 0 Å². The van der Waals surface area contributed by atoms with Crippen LogP contribution in [0.25, 0.3) is 0 Å². The van der Waals surface area contributed by atoms with Crippen LogP contribution in [0.1, 0.15) is 335 Å². The molecule has 0 amide bonds. The van der Waals surface area contributed by atoms with Crippen molar-refractivity contribution in [2.75, 3.05) is 13.2 Å². The van der Waals surface area contributed by atoms with Crippen molar-refractivity contribution in [3.8, 4) is 0 Å². The second-order valence-electron chi connectivity index (χ2n) is 21.6. The third-order valence-electron chi connectivity index (χ3n) is 14.3. The lowest BCUT2D eigenvalue weighted by Crippen LogP contribution is -2.30. The molecule has 0 aliphatic rings. The van der Waals surface area contributed by atoms with E-state index in [1.54, 1.807) is 0 Å². The van der Waals surface area contributed by atoms with Crippen LogP contribution in [0, 0.1) is 0 Å². The van der Waals surface area contributed by atoms with Crippen LogP contribution in [0.4, 0.5) is 0 Å². The fourth-order valence-electron chi connectivity index (χ4n) is 9.43. The maximum Gasteiger partial charge on any atom is 0.306 e. The summed E-state index contributed by atoms with van der Waals surface area (Å²) in [5, 5.41) is 0. The van der Waals surface area contributed by atoms with Crippen molar-refractivity contribution in [3.63, 3.8) is 0 Å². The fourth-order valence-corrected chi connectivity index (χ4v) is 9.43. The Bertz CT molecular complexity index is 1330. The molecule has 6 nitrogen and oxygen atoms in total. The smallest absolute Gasteiger partial charge is 0.306 e. The average molecular weight is 1040 g/mol. The second kappa shape index (κ2) is 62.6. The SMILES string of the molecule is CC/C=C\C/C=C\C/C=C\C/C=C\CCCCCCCCCCC(=O)OCC(COC(=O)CCCCCCCCCCCCCCCC)OC(=O)CCCCCCCCCCC/C=C\CCCCCCCCCC. The summed E-state index contributed by atoms with van der Waals surface area (Å²) in [4.78, 5) is 38.3. The summed E-state index contributed by atoms with van der Waals surface area (Å²) in [7, 11) is 0. The van der Waals surface area contributed by atoms with E-state index in [9.17, 15) is 14.4 Å². The Labute approximate surface area is 460 Å². The molecule has 0 saturated carbocycles. The minimum Gasteiger partial charge on any atom is -0.462 e. The molecule has 0 aliphatic heterocycles. The Balaban J connectivity index is 4.34. The highest BCUT2D eigenvalue weighted by molar-refractivity contribution is 5.71. The van der Waals surface area contributed by atoms with E-state index in [4.69, 9.17) is 14.2 Å². The molecule has 6 heteroatoms. The molecule has 1 atom stereocenters. The van der Waals surface area contributed by atoms with Crippen LogP contribution < -0.4 is 0 Å². The van der Waals surface area contributed by atoms with E-state index in [-0.39, 0.29) is 31.1 Å². The molecule has 0 rings (SSSR count). The van der Waals surface area contributed by atoms with E-state index in [0.717, 1.165) is 89.9 Å². The Hall–Kier alpha value is -2.89. The first-order valence-corrected chi connectivity index (χ1v) is 32.3. The number of unbranched alkanes of at least 4 members (excludes halogenated alkanes) is 38. The van der Waals surface area contributed by atoms with Crippen molar-refractivity contribution in [2.24, 2.45) is 0 Å². The maximum absolute atomic E-state index is 12.9. The third-order valence-corrected chi connectivity index (χ3v) is 14.3. The number of rotatable bonds is 59. The fraction of sp³-hybridized carbons (Fsp3) is 0.809. The summed E-state index contributed by atoms with van der Waals surface area (Å²) in [5.41, 5.74) is 0. The van der Waals surface area contributed by atoms with E-state index < -0.39 is 6.10 Å². The number of carbonyl (C=O) groups excluding carboxylic acids is 3. The second-order valence-corrected chi connectivity index (χ2v) is 21.6. The molecule has 0 aromatic carbocycles. The monoisotopic (exact) mass is 1030 g/mol. The maximum atomic E-state index is 12.9. The number of esters is 3. The van der Waals surface area contributed by atoms with Gasteiger partial charge in [0.2, 0.25) is 0 Å². The lowest BCUT2D eigenvalue weighted by atomic mass is 10.0. The van der Waals surface area contributed by atoms with E-state index in [1.165, 1.54) is 205 Å². The highest BCUT2D eigenvalue weighted by Crippen LogP contribution is 2.17. The normalized spacial score (nSPS) is 12.4. The molecule has 0 aliphatic carbocycles. The first-order chi connectivity index (χ1) is 36.5. The topological polar surface area (TPSA) is 78.9 Å². The van der Waals surface area contributed by atoms with Gasteiger partial charge in [-0.05, 0) is 83.5 Å². The van der Waals surface area contributed by atoms with Gasteiger partial charge in [0.1, 0.15) is 13.2 Å².